The smallest absolute Gasteiger partial charge is 0.0601 e. The molecule has 0 bridgehead atoms. The molecule has 136 valence electrons. The molecule has 4 rings (SSSR count). The highest BCUT2D eigenvalue weighted by Crippen LogP contribution is 2.66. The van der Waals surface area contributed by atoms with E-state index in [4.69, 9.17) is 0 Å². The molecule has 9 atom stereocenters. The largest absolute Gasteiger partial charge is 0.393 e. The van der Waals surface area contributed by atoms with Crippen LogP contribution in [0.3, 0.4) is 0 Å². The third-order valence-electron chi connectivity index (χ3n) is 8.71. The Balaban J connectivity index is 1.67. The number of hydrogen-bond acceptors (Lipinski definition) is 3. The summed E-state index contributed by atoms with van der Waals surface area (Å²) in [6.07, 6.45) is 8.67. The third-order valence-corrected chi connectivity index (χ3v) is 8.71. The summed E-state index contributed by atoms with van der Waals surface area (Å²) in [5, 5.41) is 31.0. The molecule has 3 heteroatoms. The summed E-state index contributed by atoms with van der Waals surface area (Å²) in [5.41, 5.74) is 1.82. The maximum atomic E-state index is 10.7. The van der Waals surface area contributed by atoms with Crippen molar-refractivity contribution in [3.8, 4) is 0 Å². The van der Waals surface area contributed by atoms with E-state index in [1.807, 2.05) is 6.92 Å². The van der Waals surface area contributed by atoms with Crippen LogP contribution in [0.15, 0.2) is 11.6 Å². The normalized spacial score (nSPS) is 55.2. The SMILES string of the molecule is C[C@H](O)[C@@H]1[C@H](O)C[C@@H]2[C@@H]3CC=C4C[C@H](O)CC[C@]4(C)[C@H]3CC[C@]12C. The van der Waals surface area contributed by atoms with Gasteiger partial charge in [0.25, 0.3) is 0 Å². The second kappa shape index (κ2) is 5.56. The number of aliphatic hydroxyl groups excluding tert-OH is 3. The standard InChI is InChI=1S/C21H34O3/c1-12(22)19-18(24)11-17-15-5-4-13-10-14(23)6-8-20(13,2)16(15)7-9-21(17,19)3/h4,12,14-19,22-24H,5-11H2,1-3H3/t12-,14+,15+,16-,17+,18+,19+,20-,21-/m0/s1. The molecule has 4 aliphatic rings. The fraction of sp³-hybridized carbons (Fsp3) is 0.905. The lowest BCUT2D eigenvalue weighted by atomic mass is 9.47. The zero-order valence-corrected chi connectivity index (χ0v) is 15.4. The van der Waals surface area contributed by atoms with Crippen LogP contribution in [-0.2, 0) is 0 Å². The van der Waals surface area contributed by atoms with Crippen LogP contribution >= 0.6 is 0 Å². The Bertz CT molecular complexity index is 541. The van der Waals surface area contributed by atoms with Gasteiger partial charge in [-0.2, -0.15) is 0 Å². The van der Waals surface area contributed by atoms with Crippen molar-refractivity contribution in [3.05, 3.63) is 11.6 Å². The van der Waals surface area contributed by atoms with E-state index >= 15 is 0 Å². The lowest BCUT2D eigenvalue weighted by Crippen LogP contribution is -2.51. The number of rotatable bonds is 1. The number of hydrogen-bond donors (Lipinski definition) is 3. The first kappa shape index (κ1) is 17.1. The van der Waals surface area contributed by atoms with Crippen LogP contribution in [0.4, 0.5) is 0 Å². The monoisotopic (exact) mass is 334 g/mol. The van der Waals surface area contributed by atoms with E-state index < -0.39 is 6.10 Å². The van der Waals surface area contributed by atoms with Gasteiger partial charge in [0.05, 0.1) is 18.3 Å². The summed E-state index contributed by atoms with van der Waals surface area (Å²) in [6.45, 7) is 6.62. The molecule has 4 aliphatic carbocycles. The molecule has 0 amide bonds. The molecule has 0 aromatic rings. The van der Waals surface area contributed by atoms with E-state index in [0.29, 0.717) is 17.8 Å². The Morgan fingerprint density at radius 2 is 1.88 bits per heavy atom. The molecule has 3 saturated carbocycles. The van der Waals surface area contributed by atoms with E-state index in [2.05, 4.69) is 19.9 Å². The van der Waals surface area contributed by atoms with Crippen LogP contribution in [0, 0.1) is 34.5 Å². The van der Waals surface area contributed by atoms with Gasteiger partial charge in [-0.25, -0.2) is 0 Å². The summed E-state index contributed by atoms with van der Waals surface area (Å²) in [7, 11) is 0. The van der Waals surface area contributed by atoms with Crippen molar-refractivity contribution in [2.45, 2.75) is 84.0 Å². The Morgan fingerprint density at radius 3 is 2.58 bits per heavy atom. The van der Waals surface area contributed by atoms with Crippen molar-refractivity contribution < 1.29 is 15.3 Å². The molecule has 0 aromatic carbocycles. The summed E-state index contributed by atoms with van der Waals surface area (Å²) < 4.78 is 0. The molecule has 0 saturated heterocycles. The van der Waals surface area contributed by atoms with Gasteiger partial charge in [0.2, 0.25) is 0 Å². The highest BCUT2D eigenvalue weighted by Gasteiger charge is 2.61. The summed E-state index contributed by atoms with van der Waals surface area (Å²) in [6, 6.07) is 0. The van der Waals surface area contributed by atoms with Crippen LogP contribution in [0.2, 0.25) is 0 Å². The van der Waals surface area contributed by atoms with Crippen molar-refractivity contribution in [1.29, 1.82) is 0 Å². The van der Waals surface area contributed by atoms with Gasteiger partial charge in [-0.1, -0.05) is 25.5 Å². The maximum absolute atomic E-state index is 10.7. The average molecular weight is 335 g/mol. The van der Waals surface area contributed by atoms with Gasteiger partial charge in [0.15, 0.2) is 0 Å². The van der Waals surface area contributed by atoms with E-state index in [0.717, 1.165) is 38.5 Å². The van der Waals surface area contributed by atoms with Gasteiger partial charge in [0.1, 0.15) is 0 Å². The minimum Gasteiger partial charge on any atom is -0.393 e. The Hall–Kier alpha value is -0.380. The number of aliphatic hydroxyl groups is 3. The fourth-order valence-electron chi connectivity index (χ4n) is 7.57. The average Bonchev–Trinajstić information content (AvgIpc) is 2.78. The van der Waals surface area contributed by atoms with E-state index in [9.17, 15) is 15.3 Å². The molecule has 0 unspecified atom stereocenters. The van der Waals surface area contributed by atoms with Gasteiger partial charge in [0, 0.05) is 5.92 Å². The first-order valence-corrected chi connectivity index (χ1v) is 10.0. The zero-order chi connectivity index (χ0) is 17.3. The quantitative estimate of drug-likeness (QED) is 0.645. The molecule has 0 aromatic heterocycles. The maximum Gasteiger partial charge on any atom is 0.0601 e. The lowest BCUT2D eigenvalue weighted by Gasteiger charge is -2.58. The fourth-order valence-corrected chi connectivity index (χ4v) is 7.57. The molecule has 24 heavy (non-hydrogen) atoms. The molecule has 3 nitrogen and oxygen atoms in total. The van der Waals surface area contributed by atoms with Gasteiger partial charge >= 0.3 is 0 Å². The van der Waals surface area contributed by atoms with Crippen LogP contribution in [0.1, 0.15) is 65.7 Å². The highest BCUT2D eigenvalue weighted by atomic mass is 16.3. The van der Waals surface area contributed by atoms with E-state index in [1.165, 1.54) is 12.0 Å². The van der Waals surface area contributed by atoms with Gasteiger partial charge in [-0.15, -0.1) is 0 Å². The predicted molar refractivity (Wildman–Crippen MR) is 94.3 cm³/mol. The molecule has 3 fully saturated rings. The van der Waals surface area contributed by atoms with Crippen molar-refractivity contribution in [2.24, 2.45) is 34.5 Å². The number of allylic oxidation sites excluding steroid dienone is 1. The third kappa shape index (κ3) is 2.20. The Morgan fingerprint density at radius 1 is 1.12 bits per heavy atom. The van der Waals surface area contributed by atoms with Gasteiger partial charge < -0.3 is 15.3 Å². The van der Waals surface area contributed by atoms with Gasteiger partial charge in [-0.3, -0.25) is 0 Å². The van der Waals surface area contributed by atoms with E-state index in [1.54, 1.807) is 0 Å². The van der Waals surface area contributed by atoms with Crippen LogP contribution in [-0.4, -0.2) is 33.6 Å². The molecular weight excluding hydrogens is 300 g/mol. The topological polar surface area (TPSA) is 60.7 Å². The van der Waals surface area contributed by atoms with Crippen LogP contribution in [0.25, 0.3) is 0 Å². The first-order valence-electron chi connectivity index (χ1n) is 10.0. The summed E-state index contributed by atoms with van der Waals surface area (Å²) in [5.74, 6) is 1.86. The van der Waals surface area contributed by atoms with Crippen LogP contribution < -0.4 is 0 Å². The van der Waals surface area contributed by atoms with Gasteiger partial charge in [-0.05, 0) is 80.5 Å². The van der Waals surface area contributed by atoms with Crippen molar-refractivity contribution in [3.63, 3.8) is 0 Å². The first-order chi connectivity index (χ1) is 11.3. The number of fused-ring (bicyclic) bond motifs is 5. The minimum absolute atomic E-state index is 0.0230. The second-order valence-corrected chi connectivity index (χ2v) is 9.77. The van der Waals surface area contributed by atoms with Crippen LogP contribution in [0.5, 0.6) is 0 Å². The lowest BCUT2D eigenvalue weighted by molar-refractivity contribution is -0.0761. The van der Waals surface area contributed by atoms with E-state index in [-0.39, 0.29) is 29.0 Å². The van der Waals surface area contributed by atoms with Crippen molar-refractivity contribution in [2.75, 3.05) is 0 Å². The Labute approximate surface area is 146 Å². The second-order valence-electron chi connectivity index (χ2n) is 9.77. The molecular formula is C21H34O3. The summed E-state index contributed by atoms with van der Waals surface area (Å²) >= 11 is 0. The molecule has 0 spiro atoms. The van der Waals surface area contributed by atoms with Crippen molar-refractivity contribution in [1.82, 2.24) is 0 Å². The molecule has 0 aliphatic heterocycles. The zero-order valence-electron chi connectivity index (χ0n) is 15.4. The Kier molecular flexibility index (Phi) is 3.95. The molecule has 0 radical (unpaired) electrons. The molecule has 0 heterocycles. The molecule has 3 N–H and O–H groups in total. The summed E-state index contributed by atoms with van der Waals surface area (Å²) in [4.78, 5) is 0. The van der Waals surface area contributed by atoms with Crippen molar-refractivity contribution >= 4 is 0 Å². The predicted octanol–water partition coefficient (Wildman–Crippen LogP) is 3.28. The highest BCUT2D eigenvalue weighted by molar-refractivity contribution is 5.25. The minimum atomic E-state index is -0.429.